The van der Waals surface area contributed by atoms with Gasteiger partial charge in [-0.25, -0.2) is 49.8 Å². The average molecular weight is 1190 g/mol. The van der Waals surface area contributed by atoms with Gasteiger partial charge in [0.25, 0.3) is 0 Å². The fourth-order valence-electron chi connectivity index (χ4n) is 14.2. The molecule has 0 fully saturated rings. The predicted octanol–water partition coefficient (Wildman–Crippen LogP) is 13.6. The van der Waals surface area contributed by atoms with Gasteiger partial charge >= 0.3 is 0 Å². The molecule has 0 aliphatic rings. The van der Waals surface area contributed by atoms with E-state index in [1.807, 2.05) is 24.5 Å². The summed E-state index contributed by atoms with van der Waals surface area (Å²) in [7, 11) is 0. The van der Waals surface area contributed by atoms with E-state index >= 15 is 0 Å². The summed E-state index contributed by atoms with van der Waals surface area (Å²) >= 11 is 0. The quantitative estimate of drug-likeness (QED) is 0.132. The van der Waals surface area contributed by atoms with Crippen molar-refractivity contribution in [2.45, 2.75) is 0 Å². The first kappa shape index (κ1) is 50.9. The lowest BCUT2D eigenvalue weighted by Gasteiger charge is -2.17. The molecule has 0 unspecified atom stereocenters. The monoisotopic (exact) mass is 1190 g/mol. The van der Waals surface area contributed by atoms with Crippen molar-refractivity contribution in [1.82, 2.24) is 78.1 Å². The molecule has 0 saturated carbocycles. The van der Waals surface area contributed by atoms with Crippen molar-refractivity contribution in [3.05, 3.63) is 262 Å². The fourth-order valence-corrected chi connectivity index (χ4v) is 14.2. The van der Waals surface area contributed by atoms with Crippen LogP contribution < -0.4 is 16.4 Å². The van der Waals surface area contributed by atoms with Gasteiger partial charge in [0.1, 0.15) is 22.7 Å². The lowest BCUT2D eigenvalue weighted by atomic mass is 9.37. The Labute approximate surface area is 526 Å². The van der Waals surface area contributed by atoms with E-state index in [0.717, 1.165) is 114 Å². The van der Waals surface area contributed by atoms with Crippen LogP contribution in [-0.4, -0.2) is 84.8 Å². The standard InChI is InChI=1S/C76H43BN16/c1-3-15-46-33-48(27-25-44(46)13-1)77(49-28-26-45-14-2-4-16-47(45)34-49)50-40-82-73(83-41-50)74-86-69(90-61-21-9-5-17-51(61)55-37-67-57(35-65(55)90)53-19-7-11-23-63(53)92(67)75-84-42-59-71(88-75)80-31-29-78-59)39-70(87-74)91-62-22-10-6-18-52(62)56-38-68-58(36-66(56)91)54-20-8-12-24-64(54)93(68)76-85-43-60-72(89-76)81-32-30-79-60/h1-43H. The van der Waals surface area contributed by atoms with E-state index in [9.17, 15) is 0 Å². The average Bonchev–Trinajstić information content (AvgIpc) is 1.59. The number of aromatic nitrogens is 16. The third kappa shape index (κ3) is 7.80. The van der Waals surface area contributed by atoms with Crippen molar-refractivity contribution < 1.29 is 0 Å². The summed E-state index contributed by atoms with van der Waals surface area (Å²) in [6, 6.07) is 75.3. The van der Waals surface area contributed by atoms with Gasteiger partial charge in [0.15, 0.2) is 17.1 Å². The van der Waals surface area contributed by atoms with E-state index in [1.165, 1.54) is 10.8 Å². The Morgan fingerprint density at radius 2 is 0.624 bits per heavy atom. The van der Waals surface area contributed by atoms with Gasteiger partial charge in [-0.1, -0.05) is 169 Å². The topological polar surface area (TPSA) is 174 Å². The summed E-state index contributed by atoms with van der Waals surface area (Å²) in [5.74, 6) is 2.97. The van der Waals surface area contributed by atoms with E-state index in [1.54, 1.807) is 37.2 Å². The van der Waals surface area contributed by atoms with Gasteiger partial charge in [-0.3, -0.25) is 18.3 Å². The van der Waals surface area contributed by atoms with Crippen LogP contribution in [0.4, 0.5) is 0 Å². The SMILES string of the molecule is c1ccc2cc(B(c3cnc(-c4nc(-n5c6ccccc6c6cc7c(cc65)c5ccccc5n7-c5ncc6nccnc6n5)cc(-n5c6ccccc6c6cc7c(cc65)c5ccccc5n7-c5ncc6nccnc6n5)n4)nc3)c3ccc4ccccc4c3)ccc2c1. The molecule has 430 valence electrons. The third-order valence-corrected chi connectivity index (χ3v) is 18.3. The van der Waals surface area contributed by atoms with Crippen molar-refractivity contribution >= 4 is 154 Å². The highest BCUT2D eigenvalue weighted by molar-refractivity contribution is 6.95. The van der Waals surface area contributed by atoms with Crippen LogP contribution in [0.25, 0.3) is 166 Å². The number of benzene rings is 10. The number of hydrogen-bond donors (Lipinski definition) is 0. The molecule has 0 aliphatic carbocycles. The Balaban J connectivity index is 0.835. The Hall–Kier alpha value is -13.0. The maximum Gasteiger partial charge on any atom is 0.245 e. The molecule has 0 aliphatic heterocycles. The fraction of sp³-hybridized carbons (Fsp3) is 0. The number of rotatable bonds is 8. The number of para-hydroxylation sites is 4. The first-order valence-electron chi connectivity index (χ1n) is 30.6. The van der Waals surface area contributed by atoms with Crippen LogP contribution in [0.2, 0.25) is 0 Å². The zero-order valence-corrected chi connectivity index (χ0v) is 49.1. The zero-order valence-electron chi connectivity index (χ0n) is 49.1. The molecule has 0 atom stereocenters. The highest BCUT2D eigenvalue weighted by Gasteiger charge is 2.28. The van der Waals surface area contributed by atoms with Crippen LogP contribution >= 0.6 is 0 Å². The Morgan fingerprint density at radius 3 is 1.06 bits per heavy atom. The highest BCUT2D eigenvalue weighted by atomic mass is 15.2. The van der Waals surface area contributed by atoms with E-state index in [-0.39, 0.29) is 6.71 Å². The summed E-state index contributed by atoms with van der Waals surface area (Å²) in [6.07, 6.45) is 14.0. The van der Waals surface area contributed by atoms with Crippen LogP contribution in [0.3, 0.4) is 0 Å². The summed E-state index contributed by atoms with van der Waals surface area (Å²) in [5, 5.41) is 12.9. The van der Waals surface area contributed by atoms with Crippen LogP contribution in [0.5, 0.6) is 0 Å². The maximum atomic E-state index is 5.60. The molecule has 10 aromatic carbocycles. The number of fused-ring (bicyclic) bond motifs is 16. The van der Waals surface area contributed by atoms with E-state index in [0.29, 0.717) is 57.5 Å². The second-order valence-electron chi connectivity index (χ2n) is 23.4. The van der Waals surface area contributed by atoms with Crippen LogP contribution in [-0.2, 0) is 0 Å². The van der Waals surface area contributed by atoms with E-state index < -0.39 is 0 Å². The Morgan fingerprint density at radius 1 is 0.247 bits per heavy atom. The number of hydrogen-bond acceptors (Lipinski definition) is 12. The summed E-state index contributed by atoms with van der Waals surface area (Å²) in [4.78, 5) is 59.6. The molecule has 20 aromatic rings. The van der Waals surface area contributed by atoms with Crippen LogP contribution in [0.1, 0.15) is 0 Å². The third-order valence-electron chi connectivity index (χ3n) is 18.3. The lowest BCUT2D eigenvalue weighted by Crippen LogP contribution is -2.52. The minimum atomic E-state index is -0.195. The van der Waals surface area contributed by atoms with Crippen LogP contribution in [0, 0.1) is 0 Å². The molecule has 0 N–H and O–H groups in total. The molecule has 0 amide bonds. The van der Waals surface area contributed by atoms with Crippen LogP contribution in [0.15, 0.2) is 262 Å². The van der Waals surface area contributed by atoms with Crippen molar-refractivity contribution in [3.8, 4) is 35.2 Å². The van der Waals surface area contributed by atoms with Gasteiger partial charge in [0, 0.05) is 86.3 Å². The van der Waals surface area contributed by atoms with E-state index in [2.05, 4.69) is 238 Å². The first-order valence-corrected chi connectivity index (χ1v) is 30.6. The summed E-state index contributed by atoms with van der Waals surface area (Å²) in [6.45, 7) is -0.195. The molecule has 0 bridgehead atoms. The summed E-state index contributed by atoms with van der Waals surface area (Å²) < 4.78 is 8.75. The Kier molecular flexibility index (Phi) is 10.8. The normalized spacial score (nSPS) is 12.1. The van der Waals surface area contributed by atoms with Gasteiger partial charge < -0.3 is 0 Å². The largest absolute Gasteiger partial charge is 0.294 e. The molecule has 10 heterocycles. The molecular weight excluding hydrogens is 1150 g/mol. The van der Waals surface area contributed by atoms with Crippen molar-refractivity contribution in [3.63, 3.8) is 0 Å². The molecule has 0 spiro atoms. The molecular formula is C76H43BN16. The van der Waals surface area contributed by atoms with Gasteiger partial charge in [0.05, 0.1) is 56.5 Å². The second-order valence-corrected chi connectivity index (χ2v) is 23.4. The minimum absolute atomic E-state index is 0.195. The van der Waals surface area contributed by atoms with Gasteiger partial charge in [-0.15, -0.1) is 0 Å². The zero-order chi connectivity index (χ0) is 60.8. The predicted molar refractivity (Wildman–Crippen MR) is 370 cm³/mol. The molecule has 17 heteroatoms. The van der Waals surface area contributed by atoms with Crippen molar-refractivity contribution in [2.24, 2.45) is 0 Å². The highest BCUT2D eigenvalue weighted by Crippen LogP contribution is 2.42. The molecule has 10 aromatic heterocycles. The Bertz CT molecular complexity index is 6180. The van der Waals surface area contributed by atoms with Gasteiger partial charge in [0.2, 0.25) is 24.4 Å². The minimum Gasteiger partial charge on any atom is -0.294 e. The van der Waals surface area contributed by atoms with Crippen molar-refractivity contribution in [2.75, 3.05) is 0 Å². The molecule has 0 saturated heterocycles. The number of nitrogens with zero attached hydrogens (tertiary/aromatic N) is 16. The smallest absolute Gasteiger partial charge is 0.245 e. The summed E-state index contributed by atoms with van der Waals surface area (Å²) in [5.41, 5.74) is 13.0. The van der Waals surface area contributed by atoms with Crippen molar-refractivity contribution in [1.29, 1.82) is 0 Å². The molecule has 0 radical (unpaired) electrons. The second kappa shape index (κ2) is 19.7. The first-order chi connectivity index (χ1) is 46.1. The molecule has 93 heavy (non-hydrogen) atoms. The molecule has 16 nitrogen and oxygen atoms in total. The van der Waals surface area contributed by atoms with Gasteiger partial charge in [-0.2, -0.15) is 9.97 Å². The lowest BCUT2D eigenvalue weighted by molar-refractivity contribution is 0.975. The molecule has 20 rings (SSSR count). The van der Waals surface area contributed by atoms with Gasteiger partial charge in [-0.05, 0) is 75.5 Å². The van der Waals surface area contributed by atoms with E-state index in [4.69, 9.17) is 39.9 Å². The maximum absolute atomic E-state index is 5.60.